The van der Waals surface area contributed by atoms with Crippen LogP contribution >= 0.6 is 27.3 Å². The van der Waals surface area contributed by atoms with E-state index >= 15 is 0 Å². The van der Waals surface area contributed by atoms with E-state index in [0.717, 1.165) is 0 Å². The zero-order valence-corrected chi connectivity index (χ0v) is 14.3. The van der Waals surface area contributed by atoms with Crippen molar-refractivity contribution in [2.75, 3.05) is 6.54 Å². The molecule has 0 saturated carbocycles. The summed E-state index contributed by atoms with van der Waals surface area (Å²) in [4.78, 5) is 0. The lowest BCUT2D eigenvalue weighted by atomic mass is 9.86. The number of hydrogen-bond acceptors (Lipinski definition) is 3. The standard InChI is InChI=1S/C12H20BrNO2S2/c1-8(2)10(9(3)4)7-14-18(15,16)12-11(13)5-6-17-12/h5-6,8-10,14H,7H2,1-4H3. The fourth-order valence-corrected chi connectivity index (χ4v) is 5.44. The van der Waals surface area contributed by atoms with Crippen LogP contribution in [0.1, 0.15) is 27.7 Å². The van der Waals surface area contributed by atoms with Gasteiger partial charge in [-0.05, 0) is 45.1 Å². The van der Waals surface area contributed by atoms with Crippen molar-refractivity contribution in [1.29, 1.82) is 0 Å². The van der Waals surface area contributed by atoms with Crippen LogP contribution in [0, 0.1) is 17.8 Å². The van der Waals surface area contributed by atoms with Crippen molar-refractivity contribution in [2.45, 2.75) is 31.9 Å². The fourth-order valence-electron chi connectivity index (χ4n) is 1.98. The number of hydrogen-bond donors (Lipinski definition) is 1. The van der Waals surface area contributed by atoms with Crippen LogP contribution in [0.5, 0.6) is 0 Å². The summed E-state index contributed by atoms with van der Waals surface area (Å²) in [5.74, 6) is 1.26. The van der Waals surface area contributed by atoms with Gasteiger partial charge in [0.1, 0.15) is 4.21 Å². The van der Waals surface area contributed by atoms with E-state index in [1.54, 1.807) is 11.4 Å². The average Bonchev–Trinajstić information content (AvgIpc) is 2.63. The molecule has 0 radical (unpaired) electrons. The Bertz CT molecular complexity index is 472. The molecule has 0 aromatic carbocycles. The Labute approximate surface area is 122 Å². The number of sulfonamides is 1. The van der Waals surface area contributed by atoms with Gasteiger partial charge in [-0.25, -0.2) is 13.1 Å². The van der Waals surface area contributed by atoms with Gasteiger partial charge in [-0.15, -0.1) is 11.3 Å². The number of halogens is 1. The van der Waals surface area contributed by atoms with Gasteiger partial charge < -0.3 is 0 Å². The van der Waals surface area contributed by atoms with Crippen molar-refractivity contribution in [1.82, 2.24) is 4.72 Å². The molecule has 0 fully saturated rings. The molecule has 1 N–H and O–H groups in total. The molecule has 0 spiro atoms. The SMILES string of the molecule is CC(C)C(CNS(=O)(=O)c1sccc1Br)C(C)C. The second-order valence-electron chi connectivity index (χ2n) is 5.06. The summed E-state index contributed by atoms with van der Waals surface area (Å²) in [5, 5.41) is 1.76. The minimum Gasteiger partial charge on any atom is -0.210 e. The summed E-state index contributed by atoms with van der Waals surface area (Å²) in [6.45, 7) is 8.99. The summed E-state index contributed by atoms with van der Waals surface area (Å²) in [6.07, 6.45) is 0. The van der Waals surface area contributed by atoms with E-state index in [2.05, 4.69) is 48.3 Å². The Morgan fingerprint density at radius 3 is 2.22 bits per heavy atom. The minimum absolute atomic E-state index is 0.346. The van der Waals surface area contributed by atoms with E-state index in [9.17, 15) is 8.42 Å². The van der Waals surface area contributed by atoms with E-state index in [0.29, 0.717) is 33.0 Å². The first-order valence-corrected chi connectivity index (χ1v) is 9.14. The first-order chi connectivity index (χ1) is 8.25. The molecule has 3 nitrogen and oxygen atoms in total. The van der Waals surface area contributed by atoms with Crippen molar-refractivity contribution >= 4 is 37.3 Å². The summed E-state index contributed by atoms with van der Waals surface area (Å²) in [6, 6.07) is 1.75. The third-order valence-electron chi connectivity index (χ3n) is 3.05. The first-order valence-electron chi connectivity index (χ1n) is 5.98. The normalized spacial score (nSPS) is 12.9. The van der Waals surface area contributed by atoms with Crippen LogP contribution in [0.4, 0.5) is 0 Å². The van der Waals surface area contributed by atoms with Gasteiger partial charge in [0, 0.05) is 11.0 Å². The summed E-state index contributed by atoms with van der Waals surface area (Å²) >= 11 is 4.49. The maximum Gasteiger partial charge on any atom is 0.251 e. The molecular formula is C12H20BrNO2S2. The zero-order chi connectivity index (χ0) is 13.9. The van der Waals surface area contributed by atoms with Crippen LogP contribution in [0.2, 0.25) is 0 Å². The first kappa shape index (κ1) is 16.1. The Hall–Kier alpha value is 0.0900. The number of nitrogens with one attached hydrogen (secondary N) is 1. The van der Waals surface area contributed by atoms with Gasteiger partial charge in [0.15, 0.2) is 0 Å². The topological polar surface area (TPSA) is 46.2 Å². The average molecular weight is 354 g/mol. The fraction of sp³-hybridized carbons (Fsp3) is 0.667. The highest BCUT2D eigenvalue weighted by Crippen LogP contribution is 2.28. The molecule has 0 saturated heterocycles. The summed E-state index contributed by atoms with van der Waals surface area (Å²) < 4.78 is 28.0. The van der Waals surface area contributed by atoms with Gasteiger partial charge in [-0.2, -0.15) is 0 Å². The Morgan fingerprint density at radius 2 is 1.83 bits per heavy atom. The molecule has 104 valence electrons. The van der Waals surface area contributed by atoms with Crippen molar-refractivity contribution in [3.05, 3.63) is 15.9 Å². The number of thiophene rings is 1. The second kappa shape index (κ2) is 6.50. The van der Waals surface area contributed by atoms with Crippen LogP contribution in [0.3, 0.4) is 0 Å². The van der Waals surface area contributed by atoms with Crippen molar-refractivity contribution in [3.63, 3.8) is 0 Å². The van der Waals surface area contributed by atoms with Gasteiger partial charge >= 0.3 is 0 Å². The quantitative estimate of drug-likeness (QED) is 0.846. The van der Waals surface area contributed by atoms with Crippen LogP contribution in [0.15, 0.2) is 20.1 Å². The largest absolute Gasteiger partial charge is 0.251 e. The molecule has 1 heterocycles. The van der Waals surface area contributed by atoms with Crippen molar-refractivity contribution in [3.8, 4) is 0 Å². The van der Waals surface area contributed by atoms with Gasteiger partial charge in [0.2, 0.25) is 0 Å². The monoisotopic (exact) mass is 353 g/mol. The smallest absolute Gasteiger partial charge is 0.210 e. The Balaban J connectivity index is 2.76. The molecular weight excluding hydrogens is 334 g/mol. The number of rotatable bonds is 6. The molecule has 0 bridgehead atoms. The lowest BCUT2D eigenvalue weighted by molar-refractivity contribution is 0.289. The van der Waals surface area contributed by atoms with E-state index in [1.165, 1.54) is 11.3 Å². The Kier molecular flexibility index (Phi) is 5.83. The Morgan fingerprint density at radius 1 is 1.28 bits per heavy atom. The lowest BCUT2D eigenvalue weighted by Crippen LogP contribution is -2.33. The molecule has 0 atom stereocenters. The molecule has 0 aliphatic rings. The molecule has 0 amide bonds. The minimum atomic E-state index is -3.39. The molecule has 6 heteroatoms. The summed E-state index contributed by atoms with van der Waals surface area (Å²) in [7, 11) is -3.39. The zero-order valence-electron chi connectivity index (χ0n) is 11.1. The van der Waals surface area contributed by atoms with Gasteiger partial charge in [-0.1, -0.05) is 27.7 Å². The maximum absolute atomic E-state index is 12.1. The van der Waals surface area contributed by atoms with Crippen LogP contribution in [0.25, 0.3) is 0 Å². The molecule has 18 heavy (non-hydrogen) atoms. The molecule has 1 aromatic rings. The molecule has 1 rings (SSSR count). The highest BCUT2D eigenvalue weighted by Gasteiger charge is 2.23. The van der Waals surface area contributed by atoms with E-state index in [-0.39, 0.29) is 0 Å². The van der Waals surface area contributed by atoms with Crippen LogP contribution in [-0.2, 0) is 10.0 Å². The third kappa shape index (κ3) is 4.05. The predicted molar refractivity (Wildman–Crippen MR) is 80.4 cm³/mol. The van der Waals surface area contributed by atoms with E-state index in [4.69, 9.17) is 0 Å². The maximum atomic E-state index is 12.1. The van der Waals surface area contributed by atoms with Crippen molar-refractivity contribution in [2.24, 2.45) is 17.8 Å². The van der Waals surface area contributed by atoms with Gasteiger partial charge in [-0.3, -0.25) is 0 Å². The van der Waals surface area contributed by atoms with Crippen LogP contribution < -0.4 is 4.72 Å². The predicted octanol–water partition coefficient (Wildman–Crippen LogP) is 3.72. The van der Waals surface area contributed by atoms with Crippen LogP contribution in [-0.4, -0.2) is 15.0 Å². The highest BCUT2D eigenvalue weighted by atomic mass is 79.9. The molecule has 0 aliphatic heterocycles. The van der Waals surface area contributed by atoms with Crippen molar-refractivity contribution < 1.29 is 8.42 Å². The van der Waals surface area contributed by atoms with Gasteiger partial charge in [0.25, 0.3) is 10.0 Å². The third-order valence-corrected chi connectivity index (χ3v) is 7.14. The summed E-state index contributed by atoms with van der Waals surface area (Å²) in [5.41, 5.74) is 0. The van der Waals surface area contributed by atoms with E-state index < -0.39 is 10.0 Å². The molecule has 1 aromatic heterocycles. The highest BCUT2D eigenvalue weighted by molar-refractivity contribution is 9.10. The molecule has 0 aliphatic carbocycles. The van der Waals surface area contributed by atoms with E-state index in [1.807, 2.05) is 0 Å². The molecule has 0 unspecified atom stereocenters. The lowest BCUT2D eigenvalue weighted by Gasteiger charge is -2.24. The second-order valence-corrected chi connectivity index (χ2v) is 8.79. The van der Waals surface area contributed by atoms with Gasteiger partial charge in [0.05, 0.1) is 0 Å².